The standard InChI is InChI=1S/C22H28N4O3.HI/c1-15(29-20-11-7-6-10-19(20)28-3)13-24-22(23-2)25-14-16-12-21(27)26-18-9-5-4-8-17(16)18;/h4-11,15-16H,12-14H2,1-3H3,(H,26,27)(H2,23,24,25);1H. The zero-order chi connectivity index (χ0) is 20.6. The Morgan fingerprint density at radius 2 is 1.87 bits per heavy atom. The van der Waals surface area contributed by atoms with Gasteiger partial charge in [-0.25, -0.2) is 0 Å². The van der Waals surface area contributed by atoms with E-state index in [2.05, 4.69) is 27.0 Å². The van der Waals surface area contributed by atoms with Gasteiger partial charge in [0.25, 0.3) is 0 Å². The lowest BCUT2D eigenvalue weighted by molar-refractivity contribution is -0.116. The molecule has 2 aromatic carbocycles. The molecule has 1 aliphatic rings. The van der Waals surface area contributed by atoms with Gasteiger partial charge in [-0.15, -0.1) is 24.0 Å². The number of ether oxygens (including phenoxy) is 2. The minimum atomic E-state index is -0.0916. The summed E-state index contributed by atoms with van der Waals surface area (Å²) >= 11 is 0. The molecular formula is C22H29IN4O3. The zero-order valence-electron chi connectivity index (χ0n) is 17.5. The van der Waals surface area contributed by atoms with Gasteiger partial charge in [0.15, 0.2) is 17.5 Å². The smallest absolute Gasteiger partial charge is 0.225 e. The quantitative estimate of drug-likeness (QED) is 0.294. The Kier molecular flexibility index (Phi) is 9.22. The van der Waals surface area contributed by atoms with Crippen molar-refractivity contribution in [3.8, 4) is 11.5 Å². The van der Waals surface area contributed by atoms with Crippen molar-refractivity contribution in [2.24, 2.45) is 4.99 Å². The van der Waals surface area contributed by atoms with Crippen LogP contribution in [0.4, 0.5) is 5.69 Å². The maximum Gasteiger partial charge on any atom is 0.225 e. The number of hydrogen-bond acceptors (Lipinski definition) is 4. The fourth-order valence-electron chi connectivity index (χ4n) is 3.34. The summed E-state index contributed by atoms with van der Waals surface area (Å²) in [4.78, 5) is 16.3. The summed E-state index contributed by atoms with van der Waals surface area (Å²) in [6, 6.07) is 15.5. The van der Waals surface area contributed by atoms with E-state index in [9.17, 15) is 4.79 Å². The second kappa shape index (κ2) is 11.6. The minimum absolute atomic E-state index is 0. The van der Waals surface area contributed by atoms with E-state index in [1.165, 1.54) is 0 Å². The maximum absolute atomic E-state index is 12.0. The minimum Gasteiger partial charge on any atom is -0.493 e. The van der Waals surface area contributed by atoms with Crippen LogP contribution in [0.3, 0.4) is 0 Å². The molecule has 0 fully saturated rings. The highest BCUT2D eigenvalue weighted by atomic mass is 127. The number of halogens is 1. The van der Waals surface area contributed by atoms with Crippen LogP contribution in [0.25, 0.3) is 0 Å². The second-order valence-electron chi connectivity index (χ2n) is 6.95. The summed E-state index contributed by atoms with van der Waals surface area (Å²) in [6.45, 7) is 3.17. The lowest BCUT2D eigenvalue weighted by Crippen LogP contribution is -2.43. The van der Waals surface area contributed by atoms with Gasteiger partial charge in [-0.05, 0) is 30.7 Å². The topological polar surface area (TPSA) is 84.0 Å². The van der Waals surface area contributed by atoms with Crippen molar-refractivity contribution in [2.45, 2.75) is 25.4 Å². The average molecular weight is 524 g/mol. The number of amides is 1. The number of fused-ring (bicyclic) bond motifs is 1. The molecule has 3 rings (SSSR count). The number of carbonyl (C=O) groups is 1. The van der Waals surface area contributed by atoms with Crippen molar-refractivity contribution in [1.29, 1.82) is 0 Å². The van der Waals surface area contributed by atoms with Gasteiger partial charge in [0.1, 0.15) is 6.10 Å². The van der Waals surface area contributed by atoms with Gasteiger partial charge in [-0.3, -0.25) is 9.79 Å². The summed E-state index contributed by atoms with van der Waals surface area (Å²) in [5.74, 6) is 2.22. The van der Waals surface area contributed by atoms with Gasteiger partial charge in [0.05, 0.1) is 13.7 Å². The van der Waals surface area contributed by atoms with Gasteiger partial charge in [-0.2, -0.15) is 0 Å². The molecule has 1 heterocycles. The Balaban J connectivity index is 0.00000320. The van der Waals surface area contributed by atoms with Crippen molar-refractivity contribution in [3.05, 3.63) is 54.1 Å². The van der Waals surface area contributed by atoms with Crippen molar-refractivity contribution >= 4 is 41.5 Å². The third kappa shape index (κ3) is 6.25. The first-order valence-electron chi connectivity index (χ1n) is 9.73. The van der Waals surface area contributed by atoms with E-state index >= 15 is 0 Å². The monoisotopic (exact) mass is 524 g/mol. The number of anilines is 1. The molecular weight excluding hydrogens is 495 g/mol. The summed E-state index contributed by atoms with van der Waals surface area (Å²) in [7, 11) is 3.35. The molecule has 2 aromatic rings. The predicted molar refractivity (Wildman–Crippen MR) is 130 cm³/mol. The van der Waals surface area contributed by atoms with Crippen LogP contribution in [0.2, 0.25) is 0 Å². The number of nitrogens with one attached hydrogen (secondary N) is 3. The van der Waals surface area contributed by atoms with Crippen LogP contribution < -0.4 is 25.4 Å². The third-order valence-electron chi connectivity index (χ3n) is 4.80. The molecule has 8 heteroatoms. The highest BCUT2D eigenvalue weighted by molar-refractivity contribution is 14.0. The normalized spacial score (nSPS) is 16.4. The Hall–Kier alpha value is -2.49. The van der Waals surface area contributed by atoms with E-state index in [-0.39, 0.29) is 41.9 Å². The lowest BCUT2D eigenvalue weighted by atomic mass is 9.90. The molecule has 1 amide bonds. The molecule has 0 aromatic heterocycles. The lowest BCUT2D eigenvalue weighted by Gasteiger charge is -2.26. The molecule has 0 saturated carbocycles. The van der Waals surface area contributed by atoms with Crippen molar-refractivity contribution in [3.63, 3.8) is 0 Å². The first-order chi connectivity index (χ1) is 14.1. The Labute approximate surface area is 194 Å². The van der Waals surface area contributed by atoms with Crippen LogP contribution in [0, 0.1) is 0 Å². The third-order valence-corrected chi connectivity index (χ3v) is 4.80. The SMILES string of the molecule is CN=C(NCC(C)Oc1ccccc1OC)NCC1CC(=O)Nc2ccccc21.I. The number of rotatable bonds is 7. The van der Waals surface area contributed by atoms with Gasteiger partial charge in [0.2, 0.25) is 5.91 Å². The summed E-state index contributed by atoms with van der Waals surface area (Å²) < 4.78 is 11.3. The Morgan fingerprint density at radius 1 is 1.17 bits per heavy atom. The van der Waals surface area contributed by atoms with Gasteiger partial charge in [-0.1, -0.05) is 30.3 Å². The molecule has 2 atom stereocenters. The first-order valence-corrected chi connectivity index (χ1v) is 9.73. The summed E-state index contributed by atoms with van der Waals surface area (Å²) in [5.41, 5.74) is 2.03. The van der Waals surface area contributed by atoms with Crippen LogP contribution in [-0.2, 0) is 4.79 Å². The second-order valence-corrected chi connectivity index (χ2v) is 6.95. The number of hydrogen-bond donors (Lipinski definition) is 3. The highest BCUT2D eigenvalue weighted by Gasteiger charge is 2.24. The number of nitrogens with zero attached hydrogens (tertiary/aromatic N) is 1. The van der Waals surface area contributed by atoms with E-state index in [0.717, 1.165) is 11.3 Å². The number of benzene rings is 2. The van der Waals surface area contributed by atoms with Crippen LogP contribution in [-0.4, -0.2) is 45.2 Å². The van der Waals surface area contributed by atoms with Gasteiger partial charge in [0, 0.05) is 31.6 Å². The summed E-state index contributed by atoms with van der Waals surface area (Å²) in [5, 5.41) is 9.52. The van der Waals surface area contributed by atoms with E-state index in [1.807, 2.05) is 49.4 Å². The molecule has 162 valence electrons. The number of para-hydroxylation sites is 3. The first kappa shape index (κ1) is 23.8. The van der Waals surface area contributed by atoms with E-state index < -0.39 is 0 Å². The fraction of sp³-hybridized carbons (Fsp3) is 0.364. The number of carbonyl (C=O) groups excluding carboxylic acids is 1. The van der Waals surface area contributed by atoms with Crippen LogP contribution in [0.1, 0.15) is 24.8 Å². The molecule has 0 saturated heterocycles. The molecule has 1 aliphatic heterocycles. The molecule has 0 aliphatic carbocycles. The van der Waals surface area contributed by atoms with Crippen LogP contribution >= 0.6 is 24.0 Å². The largest absolute Gasteiger partial charge is 0.493 e. The average Bonchev–Trinajstić information content (AvgIpc) is 2.74. The maximum atomic E-state index is 12.0. The van der Waals surface area contributed by atoms with E-state index in [0.29, 0.717) is 37.0 Å². The van der Waals surface area contributed by atoms with Crippen LogP contribution in [0.15, 0.2) is 53.5 Å². The molecule has 7 nitrogen and oxygen atoms in total. The zero-order valence-corrected chi connectivity index (χ0v) is 19.8. The van der Waals surface area contributed by atoms with Crippen molar-refractivity contribution < 1.29 is 14.3 Å². The van der Waals surface area contributed by atoms with Gasteiger partial charge < -0.3 is 25.4 Å². The van der Waals surface area contributed by atoms with E-state index in [1.54, 1.807) is 14.2 Å². The fourth-order valence-corrected chi connectivity index (χ4v) is 3.34. The van der Waals surface area contributed by atoms with Crippen LogP contribution in [0.5, 0.6) is 11.5 Å². The molecule has 0 spiro atoms. The number of aliphatic imine (C=N–C) groups is 1. The Bertz CT molecular complexity index is 875. The predicted octanol–water partition coefficient (Wildman–Crippen LogP) is 3.37. The Morgan fingerprint density at radius 3 is 2.60 bits per heavy atom. The van der Waals surface area contributed by atoms with Crippen molar-refractivity contribution in [1.82, 2.24) is 10.6 Å². The molecule has 30 heavy (non-hydrogen) atoms. The molecule has 0 radical (unpaired) electrons. The molecule has 2 unspecified atom stereocenters. The summed E-state index contributed by atoms with van der Waals surface area (Å²) in [6.07, 6.45) is 0.361. The number of guanidine groups is 1. The highest BCUT2D eigenvalue weighted by Crippen LogP contribution is 2.31. The molecule has 3 N–H and O–H groups in total. The van der Waals surface area contributed by atoms with E-state index in [4.69, 9.17) is 9.47 Å². The van der Waals surface area contributed by atoms with Crippen molar-refractivity contribution in [2.75, 3.05) is 32.6 Å². The molecule has 0 bridgehead atoms. The van der Waals surface area contributed by atoms with Gasteiger partial charge >= 0.3 is 0 Å². The number of methoxy groups -OCH3 is 1.